The number of ether oxygens (including phenoxy) is 2. The summed E-state index contributed by atoms with van der Waals surface area (Å²) in [4.78, 5) is 17.7. The summed E-state index contributed by atoms with van der Waals surface area (Å²) in [5.41, 5.74) is 3.17. The highest BCUT2D eigenvalue weighted by Crippen LogP contribution is 2.34. The molecule has 0 bridgehead atoms. The number of carbonyl (C=O) groups is 1. The average molecular weight is 429 g/mol. The van der Waals surface area contributed by atoms with Gasteiger partial charge < -0.3 is 9.47 Å². The van der Waals surface area contributed by atoms with Gasteiger partial charge in [-0.1, -0.05) is 35.9 Å². The molecule has 154 valence electrons. The van der Waals surface area contributed by atoms with E-state index in [-0.39, 0.29) is 5.78 Å². The molecule has 6 heteroatoms. The van der Waals surface area contributed by atoms with Crippen LogP contribution < -0.4 is 9.47 Å². The van der Waals surface area contributed by atoms with E-state index in [2.05, 4.69) is 17.1 Å². The number of hydrogen-bond acceptors (Lipinski definition) is 6. The summed E-state index contributed by atoms with van der Waals surface area (Å²) in [5, 5.41) is 14.1. The lowest BCUT2D eigenvalue weighted by atomic mass is 9.96. The second-order valence-corrected chi connectivity index (χ2v) is 8.02. The maximum absolute atomic E-state index is 13.1. The molecule has 5 nitrogen and oxygen atoms in total. The largest absolute Gasteiger partial charge is 0.493 e. The van der Waals surface area contributed by atoms with Gasteiger partial charge in [0.1, 0.15) is 5.01 Å². The number of benzene rings is 3. The van der Waals surface area contributed by atoms with Crippen molar-refractivity contribution in [3.05, 3.63) is 76.1 Å². The number of Topliss-reactive ketones (excluding diaryl/α,β-unsaturated/α-hetero) is 1. The van der Waals surface area contributed by atoms with E-state index in [0.717, 1.165) is 21.9 Å². The molecule has 1 unspecified atom stereocenters. The van der Waals surface area contributed by atoms with Gasteiger partial charge in [-0.05, 0) is 42.0 Å². The number of nitriles is 1. The first kappa shape index (κ1) is 20.6. The predicted octanol–water partition coefficient (Wildman–Crippen LogP) is 5.78. The molecule has 0 saturated carbocycles. The quantitative estimate of drug-likeness (QED) is 0.364. The molecule has 0 aliphatic rings. The van der Waals surface area contributed by atoms with E-state index < -0.39 is 5.92 Å². The Balaban J connectivity index is 1.65. The molecule has 0 spiro atoms. The van der Waals surface area contributed by atoms with Gasteiger partial charge in [0.25, 0.3) is 0 Å². The van der Waals surface area contributed by atoms with E-state index in [1.54, 1.807) is 26.4 Å². The number of thiazole rings is 1. The van der Waals surface area contributed by atoms with Gasteiger partial charge in [-0.3, -0.25) is 4.79 Å². The number of aromatic nitrogens is 1. The molecule has 0 N–H and O–H groups in total. The first-order valence-electron chi connectivity index (χ1n) is 9.66. The van der Waals surface area contributed by atoms with Gasteiger partial charge in [0.05, 0.1) is 26.0 Å². The van der Waals surface area contributed by atoms with Gasteiger partial charge >= 0.3 is 0 Å². The Bertz CT molecular complexity index is 1320. The zero-order valence-electron chi connectivity index (χ0n) is 17.4. The lowest BCUT2D eigenvalue weighted by Crippen LogP contribution is -2.11. The van der Waals surface area contributed by atoms with Crippen LogP contribution in [0.1, 0.15) is 26.8 Å². The van der Waals surface area contributed by atoms with Crippen molar-refractivity contribution < 1.29 is 14.3 Å². The number of ketones is 1. The minimum Gasteiger partial charge on any atom is -0.493 e. The van der Waals surface area contributed by atoms with Crippen molar-refractivity contribution in [3.8, 4) is 28.8 Å². The van der Waals surface area contributed by atoms with Crippen LogP contribution >= 0.6 is 11.3 Å². The molecule has 1 heterocycles. The zero-order chi connectivity index (χ0) is 22.0. The maximum atomic E-state index is 13.1. The molecule has 3 aromatic carbocycles. The van der Waals surface area contributed by atoms with Crippen LogP contribution in [-0.2, 0) is 0 Å². The number of aryl methyl sites for hydroxylation is 1. The lowest BCUT2D eigenvalue weighted by molar-refractivity contribution is 0.0979. The fourth-order valence-electron chi connectivity index (χ4n) is 3.46. The third kappa shape index (κ3) is 4.00. The molecule has 31 heavy (non-hydrogen) atoms. The molecule has 0 fully saturated rings. The molecule has 0 aliphatic heterocycles. The molecule has 4 rings (SSSR count). The molecular weight excluding hydrogens is 408 g/mol. The summed E-state index contributed by atoms with van der Waals surface area (Å²) in [5.74, 6) is 0.00659. The van der Waals surface area contributed by atoms with Gasteiger partial charge in [-0.15, -0.1) is 11.3 Å². The van der Waals surface area contributed by atoms with Crippen LogP contribution in [0, 0.1) is 18.3 Å². The maximum Gasteiger partial charge on any atom is 0.186 e. The fraction of sp³-hybridized carbons (Fsp3) is 0.160. The summed E-state index contributed by atoms with van der Waals surface area (Å²) in [6, 6.07) is 19.2. The van der Waals surface area contributed by atoms with Crippen molar-refractivity contribution in [2.45, 2.75) is 12.8 Å². The Labute approximate surface area is 184 Å². The number of rotatable bonds is 6. The highest BCUT2D eigenvalue weighted by atomic mass is 32.1. The molecule has 0 aliphatic carbocycles. The fourth-order valence-corrected chi connectivity index (χ4v) is 4.33. The first-order chi connectivity index (χ1) is 15.0. The third-order valence-corrected chi connectivity index (χ3v) is 6.03. The Morgan fingerprint density at radius 2 is 1.74 bits per heavy atom. The molecule has 0 radical (unpaired) electrons. The van der Waals surface area contributed by atoms with Crippen LogP contribution in [0.2, 0.25) is 0 Å². The van der Waals surface area contributed by atoms with E-state index in [0.29, 0.717) is 27.8 Å². The highest BCUT2D eigenvalue weighted by molar-refractivity contribution is 7.10. The van der Waals surface area contributed by atoms with E-state index in [4.69, 9.17) is 9.47 Å². The minimum absolute atomic E-state index is 0.252. The Morgan fingerprint density at radius 3 is 2.48 bits per heavy atom. The van der Waals surface area contributed by atoms with Gasteiger partial charge in [0.15, 0.2) is 23.2 Å². The SMILES string of the molecule is COc1ccc(-c2csc(C(C#N)C(=O)c3ccc4cc(C)ccc4c3)n2)cc1OC. The average Bonchev–Trinajstić information content (AvgIpc) is 3.28. The highest BCUT2D eigenvalue weighted by Gasteiger charge is 2.25. The van der Waals surface area contributed by atoms with Crippen LogP contribution in [0.25, 0.3) is 22.0 Å². The van der Waals surface area contributed by atoms with E-state index in [1.807, 2.05) is 48.7 Å². The zero-order valence-corrected chi connectivity index (χ0v) is 18.2. The molecule has 0 saturated heterocycles. The van der Waals surface area contributed by atoms with E-state index >= 15 is 0 Å². The van der Waals surface area contributed by atoms with Crippen molar-refractivity contribution in [2.75, 3.05) is 14.2 Å². The van der Waals surface area contributed by atoms with Crippen LogP contribution in [0.15, 0.2) is 60.0 Å². The minimum atomic E-state index is -0.957. The van der Waals surface area contributed by atoms with Gasteiger partial charge in [0, 0.05) is 16.5 Å². The van der Waals surface area contributed by atoms with Gasteiger partial charge in [-0.2, -0.15) is 5.26 Å². The van der Waals surface area contributed by atoms with Gasteiger partial charge in [-0.25, -0.2) is 4.98 Å². The Kier molecular flexibility index (Phi) is 5.70. The van der Waals surface area contributed by atoms with Crippen molar-refractivity contribution in [1.29, 1.82) is 5.26 Å². The molecule has 0 amide bonds. The summed E-state index contributed by atoms with van der Waals surface area (Å²) >= 11 is 1.30. The normalized spacial score (nSPS) is 11.7. The standard InChI is InChI=1S/C25H20N2O3S/c1-15-4-5-17-11-19(7-6-16(17)10-15)24(28)20(13-26)25-27-21(14-31-25)18-8-9-22(29-2)23(12-18)30-3/h4-12,14,20H,1-3H3. The Hall–Kier alpha value is -3.69. The smallest absolute Gasteiger partial charge is 0.186 e. The summed E-state index contributed by atoms with van der Waals surface area (Å²) in [6.07, 6.45) is 0. The second-order valence-electron chi connectivity index (χ2n) is 7.13. The molecular formula is C25H20N2O3S. The monoisotopic (exact) mass is 428 g/mol. The second kappa shape index (κ2) is 8.58. The number of hydrogen-bond donors (Lipinski definition) is 0. The van der Waals surface area contributed by atoms with Crippen molar-refractivity contribution in [2.24, 2.45) is 0 Å². The van der Waals surface area contributed by atoms with Crippen molar-refractivity contribution in [1.82, 2.24) is 4.98 Å². The van der Waals surface area contributed by atoms with E-state index in [9.17, 15) is 10.1 Å². The number of methoxy groups -OCH3 is 2. The molecule has 4 aromatic rings. The molecule has 1 aromatic heterocycles. The van der Waals surface area contributed by atoms with Crippen LogP contribution in [0.3, 0.4) is 0 Å². The summed E-state index contributed by atoms with van der Waals surface area (Å²) in [7, 11) is 3.15. The van der Waals surface area contributed by atoms with Gasteiger partial charge in [0.2, 0.25) is 0 Å². The number of nitrogens with zero attached hydrogens (tertiary/aromatic N) is 2. The Morgan fingerprint density at radius 1 is 1.00 bits per heavy atom. The topological polar surface area (TPSA) is 72.2 Å². The van der Waals surface area contributed by atoms with E-state index in [1.165, 1.54) is 11.3 Å². The summed E-state index contributed by atoms with van der Waals surface area (Å²) < 4.78 is 10.6. The lowest BCUT2D eigenvalue weighted by Gasteiger charge is -2.09. The first-order valence-corrected chi connectivity index (χ1v) is 10.5. The third-order valence-electron chi connectivity index (χ3n) is 5.12. The predicted molar refractivity (Wildman–Crippen MR) is 122 cm³/mol. The van der Waals surface area contributed by atoms with Crippen LogP contribution in [-0.4, -0.2) is 25.0 Å². The summed E-state index contributed by atoms with van der Waals surface area (Å²) in [6.45, 7) is 2.03. The van der Waals surface area contributed by atoms with Crippen molar-refractivity contribution >= 4 is 27.9 Å². The molecule has 1 atom stereocenters. The van der Waals surface area contributed by atoms with Crippen LogP contribution in [0.4, 0.5) is 0 Å². The van der Waals surface area contributed by atoms with Crippen molar-refractivity contribution in [3.63, 3.8) is 0 Å². The number of fused-ring (bicyclic) bond motifs is 1. The van der Waals surface area contributed by atoms with Crippen LogP contribution in [0.5, 0.6) is 11.5 Å². The number of carbonyl (C=O) groups excluding carboxylic acids is 1.